The maximum atomic E-state index is 10.6. The molecule has 1 aliphatic carbocycles. The first-order valence-corrected chi connectivity index (χ1v) is 7.93. The third-order valence-corrected chi connectivity index (χ3v) is 4.86. The number of nitrogens with one attached hydrogen (secondary N) is 1. The van der Waals surface area contributed by atoms with Gasteiger partial charge in [-0.3, -0.25) is 4.79 Å². The maximum Gasteiger partial charge on any atom is 0.207 e. The van der Waals surface area contributed by atoms with Crippen LogP contribution in [-0.4, -0.2) is 36.4 Å². The van der Waals surface area contributed by atoms with Crippen molar-refractivity contribution in [2.75, 3.05) is 7.11 Å². The summed E-state index contributed by atoms with van der Waals surface area (Å²) in [6, 6.07) is 0. The molecule has 1 amide bonds. The lowest BCUT2D eigenvalue weighted by Gasteiger charge is -2.37. The molecular formula is C17H31NO3. The van der Waals surface area contributed by atoms with E-state index in [9.17, 15) is 9.90 Å². The van der Waals surface area contributed by atoms with Gasteiger partial charge in [0, 0.05) is 12.6 Å². The summed E-state index contributed by atoms with van der Waals surface area (Å²) in [5.74, 6) is 0.689. The van der Waals surface area contributed by atoms with Gasteiger partial charge in [-0.15, -0.1) is 0 Å². The molecule has 4 nitrogen and oxygen atoms in total. The van der Waals surface area contributed by atoms with Crippen LogP contribution in [0.25, 0.3) is 0 Å². The molecule has 0 saturated heterocycles. The zero-order valence-electron chi connectivity index (χ0n) is 14.1. The molecule has 21 heavy (non-hydrogen) atoms. The minimum Gasteiger partial charge on any atom is -0.390 e. The van der Waals surface area contributed by atoms with Gasteiger partial charge < -0.3 is 15.2 Å². The fraction of sp³-hybridized carbons (Fsp3) is 0.824. The number of rotatable bonds is 7. The van der Waals surface area contributed by atoms with Crippen molar-refractivity contribution in [2.24, 2.45) is 11.8 Å². The third-order valence-electron chi connectivity index (χ3n) is 4.86. The van der Waals surface area contributed by atoms with Gasteiger partial charge in [-0.1, -0.05) is 25.5 Å². The molecule has 0 aromatic carbocycles. The zero-order chi connectivity index (χ0) is 16.0. The number of methoxy groups -OCH3 is 1. The molecule has 0 aromatic rings. The molecule has 1 fully saturated rings. The normalized spacial score (nSPS) is 30.0. The second-order valence-corrected chi connectivity index (χ2v) is 6.94. The lowest BCUT2D eigenvalue weighted by Crippen LogP contribution is -2.44. The Labute approximate surface area is 129 Å². The molecule has 0 aliphatic heterocycles. The lowest BCUT2D eigenvalue weighted by atomic mass is 9.75. The zero-order valence-corrected chi connectivity index (χ0v) is 14.1. The van der Waals surface area contributed by atoms with Crippen LogP contribution in [0.5, 0.6) is 0 Å². The number of hydrogen-bond donors (Lipinski definition) is 2. The molecule has 4 heteroatoms. The van der Waals surface area contributed by atoms with E-state index < -0.39 is 6.10 Å². The maximum absolute atomic E-state index is 10.6. The van der Waals surface area contributed by atoms with Gasteiger partial charge in [0.25, 0.3) is 0 Å². The van der Waals surface area contributed by atoms with Gasteiger partial charge >= 0.3 is 0 Å². The largest absolute Gasteiger partial charge is 0.390 e. The minimum absolute atomic E-state index is 0.0589. The van der Waals surface area contributed by atoms with E-state index in [2.05, 4.69) is 25.2 Å². The fourth-order valence-electron chi connectivity index (χ4n) is 3.08. The summed E-state index contributed by atoms with van der Waals surface area (Å²) in [5, 5.41) is 13.1. The number of carbonyl (C=O) groups excluding carboxylic acids is 1. The van der Waals surface area contributed by atoms with Crippen LogP contribution in [0.1, 0.15) is 53.4 Å². The second-order valence-electron chi connectivity index (χ2n) is 6.94. The van der Waals surface area contributed by atoms with Crippen molar-refractivity contribution in [2.45, 2.75) is 71.1 Å². The van der Waals surface area contributed by atoms with E-state index in [4.69, 9.17) is 4.74 Å². The van der Waals surface area contributed by atoms with Crippen LogP contribution in [0.3, 0.4) is 0 Å². The van der Waals surface area contributed by atoms with Gasteiger partial charge in [0.2, 0.25) is 6.41 Å². The highest BCUT2D eigenvalue weighted by Gasteiger charge is 2.31. The van der Waals surface area contributed by atoms with Crippen molar-refractivity contribution in [3.8, 4) is 0 Å². The van der Waals surface area contributed by atoms with Gasteiger partial charge in [-0.2, -0.15) is 0 Å². The number of ether oxygens (including phenoxy) is 1. The molecular weight excluding hydrogens is 266 g/mol. The number of hydrogen-bond acceptors (Lipinski definition) is 3. The van der Waals surface area contributed by atoms with Gasteiger partial charge in [-0.05, 0) is 51.4 Å². The smallest absolute Gasteiger partial charge is 0.207 e. The monoisotopic (exact) mass is 297 g/mol. The minimum atomic E-state index is -0.476. The average Bonchev–Trinajstić information content (AvgIpc) is 2.44. The first kappa shape index (κ1) is 18.2. The van der Waals surface area contributed by atoms with Crippen molar-refractivity contribution in [3.63, 3.8) is 0 Å². The van der Waals surface area contributed by atoms with E-state index in [-0.39, 0.29) is 17.6 Å². The van der Waals surface area contributed by atoms with Crippen molar-refractivity contribution in [1.29, 1.82) is 0 Å². The molecule has 0 spiro atoms. The molecule has 1 saturated carbocycles. The molecule has 1 aliphatic rings. The van der Waals surface area contributed by atoms with E-state index in [0.717, 1.165) is 32.1 Å². The van der Waals surface area contributed by atoms with Crippen LogP contribution in [0.4, 0.5) is 0 Å². The summed E-state index contributed by atoms with van der Waals surface area (Å²) in [4.78, 5) is 10.6. The highest BCUT2D eigenvalue weighted by Crippen LogP contribution is 2.35. The lowest BCUT2D eigenvalue weighted by molar-refractivity contribution is -0.111. The molecule has 0 aromatic heterocycles. The van der Waals surface area contributed by atoms with Gasteiger partial charge in [0.05, 0.1) is 6.10 Å². The predicted molar refractivity (Wildman–Crippen MR) is 85.0 cm³/mol. The molecule has 0 bridgehead atoms. The van der Waals surface area contributed by atoms with Crippen molar-refractivity contribution in [3.05, 3.63) is 11.6 Å². The van der Waals surface area contributed by atoms with Gasteiger partial charge in [0.15, 0.2) is 0 Å². The molecule has 122 valence electrons. The quantitative estimate of drug-likeness (QED) is 0.561. The molecule has 2 atom stereocenters. The molecule has 2 N–H and O–H groups in total. The summed E-state index contributed by atoms with van der Waals surface area (Å²) < 4.78 is 5.43. The summed E-state index contributed by atoms with van der Waals surface area (Å²) in [7, 11) is 1.64. The summed E-state index contributed by atoms with van der Waals surface area (Å²) in [6.45, 7) is 8.23. The van der Waals surface area contributed by atoms with E-state index in [1.54, 1.807) is 7.11 Å². The standard InChI is InChI=1S/C17H31NO3/c1-12(2)16(20)15(21-5)10-13(3)14-6-8-17(4,9-7-14)18-11-19/h10-12,14-16,20H,6-9H2,1-5H3,(H,18,19). The Morgan fingerprint density at radius 2 is 1.95 bits per heavy atom. The van der Waals surface area contributed by atoms with Gasteiger partial charge in [-0.25, -0.2) is 0 Å². The van der Waals surface area contributed by atoms with Crippen LogP contribution in [0.15, 0.2) is 11.6 Å². The van der Waals surface area contributed by atoms with Crippen molar-refractivity contribution >= 4 is 6.41 Å². The van der Waals surface area contributed by atoms with E-state index in [1.165, 1.54) is 5.57 Å². The Hall–Kier alpha value is -0.870. The van der Waals surface area contributed by atoms with Crippen LogP contribution in [-0.2, 0) is 9.53 Å². The van der Waals surface area contributed by atoms with Crippen LogP contribution < -0.4 is 5.32 Å². The Bertz CT molecular complexity index is 357. The Kier molecular flexibility index (Phi) is 6.88. The van der Waals surface area contributed by atoms with E-state index in [1.807, 2.05) is 13.8 Å². The van der Waals surface area contributed by atoms with E-state index >= 15 is 0 Å². The van der Waals surface area contributed by atoms with Crippen LogP contribution >= 0.6 is 0 Å². The average molecular weight is 297 g/mol. The summed E-state index contributed by atoms with van der Waals surface area (Å²) >= 11 is 0. The highest BCUT2D eigenvalue weighted by molar-refractivity contribution is 5.47. The predicted octanol–water partition coefficient (Wildman–Crippen LogP) is 2.66. The topological polar surface area (TPSA) is 58.6 Å². The van der Waals surface area contributed by atoms with Crippen molar-refractivity contribution in [1.82, 2.24) is 5.32 Å². The second kappa shape index (κ2) is 7.95. The number of aliphatic hydroxyl groups is 1. The molecule has 0 heterocycles. The fourth-order valence-corrected chi connectivity index (χ4v) is 3.08. The first-order chi connectivity index (χ1) is 9.83. The Balaban J connectivity index is 2.65. The van der Waals surface area contributed by atoms with E-state index in [0.29, 0.717) is 5.92 Å². The number of allylic oxidation sites excluding steroid dienone is 1. The Morgan fingerprint density at radius 1 is 1.38 bits per heavy atom. The van der Waals surface area contributed by atoms with Gasteiger partial charge in [0.1, 0.15) is 6.10 Å². The number of carbonyl (C=O) groups is 1. The molecule has 1 rings (SSSR count). The SMILES string of the molecule is COC(C=C(C)C1CCC(C)(NC=O)CC1)C(O)C(C)C. The van der Waals surface area contributed by atoms with Crippen molar-refractivity contribution < 1.29 is 14.6 Å². The first-order valence-electron chi connectivity index (χ1n) is 7.93. The highest BCUT2D eigenvalue weighted by atomic mass is 16.5. The van der Waals surface area contributed by atoms with Crippen LogP contribution in [0.2, 0.25) is 0 Å². The number of aliphatic hydroxyl groups excluding tert-OH is 1. The third kappa shape index (κ3) is 5.11. The van der Waals surface area contributed by atoms with Crippen LogP contribution in [0, 0.1) is 11.8 Å². The Morgan fingerprint density at radius 3 is 2.38 bits per heavy atom. The molecule has 2 unspecified atom stereocenters. The molecule has 0 radical (unpaired) electrons. The summed E-state index contributed by atoms with van der Waals surface area (Å²) in [5.41, 5.74) is 1.23. The summed E-state index contributed by atoms with van der Waals surface area (Å²) in [6.07, 6.45) is 6.27. The number of amides is 1.